The molecular weight excluding hydrogens is 354 g/mol. The van der Waals surface area contributed by atoms with E-state index in [0.717, 1.165) is 32.0 Å². The van der Waals surface area contributed by atoms with Gasteiger partial charge in [0.15, 0.2) is 0 Å². The lowest BCUT2D eigenvalue weighted by molar-refractivity contribution is -0.128. The third-order valence-corrected chi connectivity index (χ3v) is 5.04. The summed E-state index contributed by atoms with van der Waals surface area (Å²) in [5.41, 5.74) is 0.390. The first-order valence-electron chi connectivity index (χ1n) is 9.39. The van der Waals surface area contributed by atoms with Crippen molar-refractivity contribution in [3.8, 4) is 0 Å². The average molecular weight is 380 g/mol. The summed E-state index contributed by atoms with van der Waals surface area (Å²) in [7, 11) is 0. The van der Waals surface area contributed by atoms with E-state index in [-0.39, 0.29) is 30.9 Å². The number of carbonyl (C=O) groups excluding carboxylic acids is 2. The average Bonchev–Trinajstić information content (AvgIpc) is 3.43. The van der Waals surface area contributed by atoms with Crippen molar-refractivity contribution in [2.24, 2.45) is 0 Å². The SMILES string of the molecule is CC(C(=O)NC1CC1)N1CCN(CC(=O)NCc2cc(F)cc(F)c2)CC1. The summed E-state index contributed by atoms with van der Waals surface area (Å²) in [5, 5.41) is 5.71. The number of hydrogen-bond donors (Lipinski definition) is 2. The van der Waals surface area contributed by atoms with E-state index in [9.17, 15) is 18.4 Å². The maximum Gasteiger partial charge on any atom is 0.237 e. The first-order valence-corrected chi connectivity index (χ1v) is 9.39. The molecule has 2 aliphatic rings. The fraction of sp³-hybridized carbons (Fsp3) is 0.579. The number of nitrogens with zero attached hydrogens (tertiary/aromatic N) is 2. The molecule has 2 amide bonds. The fourth-order valence-corrected chi connectivity index (χ4v) is 3.20. The Bertz CT molecular complexity index is 668. The molecule has 148 valence electrons. The van der Waals surface area contributed by atoms with Gasteiger partial charge in [-0.1, -0.05) is 0 Å². The van der Waals surface area contributed by atoms with E-state index in [1.807, 2.05) is 11.8 Å². The van der Waals surface area contributed by atoms with Crippen LogP contribution in [-0.2, 0) is 16.1 Å². The van der Waals surface area contributed by atoms with E-state index >= 15 is 0 Å². The number of benzene rings is 1. The molecule has 8 heteroatoms. The molecular formula is C19H26F2N4O2. The number of rotatable bonds is 7. The second kappa shape index (κ2) is 8.75. The number of piperazine rings is 1. The van der Waals surface area contributed by atoms with E-state index < -0.39 is 11.6 Å². The third-order valence-electron chi connectivity index (χ3n) is 5.04. The van der Waals surface area contributed by atoms with Crippen LogP contribution in [0.15, 0.2) is 18.2 Å². The summed E-state index contributed by atoms with van der Waals surface area (Å²) in [6.07, 6.45) is 2.15. The van der Waals surface area contributed by atoms with Crippen LogP contribution in [0.2, 0.25) is 0 Å². The number of carbonyl (C=O) groups is 2. The van der Waals surface area contributed by atoms with Gasteiger partial charge in [-0.15, -0.1) is 0 Å². The van der Waals surface area contributed by atoms with E-state index in [2.05, 4.69) is 15.5 Å². The molecule has 27 heavy (non-hydrogen) atoms. The van der Waals surface area contributed by atoms with Crippen LogP contribution in [0, 0.1) is 11.6 Å². The van der Waals surface area contributed by atoms with Crippen LogP contribution in [0.25, 0.3) is 0 Å². The summed E-state index contributed by atoms with van der Waals surface area (Å²) < 4.78 is 26.3. The van der Waals surface area contributed by atoms with Crippen LogP contribution in [0.4, 0.5) is 8.78 Å². The van der Waals surface area contributed by atoms with Crippen LogP contribution in [0.1, 0.15) is 25.3 Å². The molecule has 1 atom stereocenters. The molecule has 1 heterocycles. The first kappa shape index (κ1) is 19.7. The minimum atomic E-state index is -0.657. The standard InChI is InChI=1S/C19H26F2N4O2/c1-13(19(27)23-17-2-3-17)25-6-4-24(5-7-25)12-18(26)22-11-14-8-15(20)10-16(21)9-14/h8-10,13,17H,2-7,11-12H2,1H3,(H,22,26)(H,23,27). The third kappa shape index (κ3) is 5.97. The van der Waals surface area contributed by atoms with Crippen molar-refractivity contribution in [3.63, 3.8) is 0 Å². The summed E-state index contributed by atoms with van der Waals surface area (Å²) in [6, 6.07) is 3.41. The normalized spacial score (nSPS) is 19.5. The summed E-state index contributed by atoms with van der Waals surface area (Å²) in [4.78, 5) is 28.4. The highest BCUT2D eigenvalue weighted by atomic mass is 19.1. The number of halogens is 2. The van der Waals surface area contributed by atoms with Gasteiger partial charge in [-0.25, -0.2) is 8.78 Å². The van der Waals surface area contributed by atoms with Crippen LogP contribution in [0.5, 0.6) is 0 Å². The number of nitrogens with one attached hydrogen (secondary N) is 2. The molecule has 1 aliphatic carbocycles. The minimum Gasteiger partial charge on any atom is -0.352 e. The molecule has 2 fully saturated rings. The Morgan fingerprint density at radius 3 is 2.33 bits per heavy atom. The highest BCUT2D eigenvalue weighted by Crippen LogP contribution is 2.19. The smallest absolute Gasteiger partial charge is 0.237 e. The van der Waals surface area contributed by atoms with Crippen molar-refractivity contribution in [3.05, 3.63) is 35.4 Å². The van der Waals surface area contributed by atoms with Gasteiger partial charge in [-0.05, 0) is 37.5 Å². The molecule has 1 aromatic rings. The summed E-state index contributed by atoms with van der Waals surface area (Å²) >= 11 is 0. The molecule has 1 unspecified atom stereocenters. The first-order chi connectivity index (χ1) is 12.9. The van der Waals surface area contributed by atoms with Crippen LogP contribution in [0.3, 0.4) is 0 Å². The molecule has 1 saturated carbocycles. The van der Waals surface area contributed by atoms with Crippen LogP contribution >= 0.6 is 0 Å². The molecule has 1 aromatic carbocycles. The number of hydrogen-bond acceptors (Lipinski definition) is 4. The Labute approximate surface area is 157 Å². The van der Waals surface area contributed by atoms with Gasteiger partial charge in [0.05, 0.1) is 12.6 Å². The molecule has 0 radical (unpaired) electrons. The second-order valence-electron chi connectivity index (χ2n) is 7.33. The Morgan fingerprint density at radius 1 is 1.11 bits per heavy atom. The molecule has 1 saturated heterocycles. The molecule has 0 bridgehead atoms. The Balaban J connectivity index is 1.38. The largest absolute Gasteiger partial charge is 0.352 e. The van der Waals surface area contributed by atoms with Crippen molar-refractivity contribution in [1.82, 2.24) is 20.4 Å². The van der Waals surface area contributed by atoms with E-state index in [0.29, 0.717) is 24.7 Å². The van der Waals surface area contributed by atoms with E-state index in [1.54, 1.807) is 0 Å². The lowest BCUT2D eigenvalue weighted by Crippen LogP contribution is -2.55. The van der Waals surface area contributed by atoms with Crippen LogP contribution in [-0.4, -0.2) is 66.4 Å². The topological polar surface area (TPSA) is 64.7 Å². The molecule has 3 rings (SSSR count). The predicted molar refractivity (Wildman–Crippen MR) is 96.8 cm³/mol. The van der Waals surface area contributed by atoms with Crippen molar-refractivity contribution < 1.29 is 18.4 Å². The van der Waals surface area contributed by atoms with Gasteiger partial charge >= 0.3 is 0 Å². The molecule has 0 aromatic heterocycles. The van der Waals surface area contributed by atoms with Gasteiger partial charge in [0.1, 0.15) is 11.6 Å². The minimum absolute atomic E-state index is 0.0750. The van der Waals surface area contributed by atoms with Crippen molar-refractivity contribution >= 4 is 11.8 Å². The summed E-state index contributed by atoms with van der Waals surface area (Å²) in [6.45, 7) is 5.08. The van der Waals surface area contributed by atoms with Gasteiger partial charge < -0.3 is 10.6 Å². The van der Waals surface area contributed by atoms with Gasteiger partial charge in [-0.3, -0.25) is 19.4 Å². The van der Waals surface area contributed by atoms with Crippen molar-refractivity contribution in [2.75, 3.05) is 32.7 Å². The Kier molecular flexibility index (Phi) is 6.38. The van der Waals surface area contributed by atoms with Gasteiger partial charge in [0.2, 0.25) is 11.8 Å². The second-order valence-corrected chi connectivity index (χ2v) is 7.33. The van der Waals surface area contributed by atoms with Crippen molar-refractivity contribution in [1.29, 1.82) is 0 Å². The molecule has 2 N–H and O–H groups in total. The number of amides is 2. The van der Waals surface area contributed by atoms with Gasteiger partial charge in [0.25, 0.3) is 0 Å². The van der Waals surface area contributed by atoms with Crippen molar-refractivity contribution in [2.45, 2.75) is 38.4 Å². The monoisotopic (exact) mass is 380 g/mol. The Hall–Kier alpha value is -2.06. The molecule has 1 aliphatic heterocycles. The summed E-state index contributed by atoms with van der Waals surface area (Å²) in [5.74, 6) is -1.43. The van der Waals surface area contributed by atoms with Gasteiger partial charge in [0, 0.05) is 44.8 Å². The predicted octanol–water partition coefficient (Wildman–Crippen LogP) is 0.866. The highest BCUT2D eigenvalue weighted by Gasteiger charge is 2.30. The zero-order valence-corrected chi connectivity index (χ0v) is 15.5. The lowest BCUT2D eigenvalue weighted by Gasteiger charge is -2.37. The van der Waals surface area contributed by atoms with Gasteiger partial charge in [-0.2, -0.15) is 0 Å². The zero-order valence-electron chi connectivity index (χ0n) is 15.5. The Morgan fingerprint density at radius 2 is 1.74 bits per heavy atom. The molecule has 0 spiro atoms. The fourth-order valence-electron chi connectivity index (χ4n) is 3.20. The van der Waals surface area contributed by atoms with E-state index in [1.165, 1.54) is 12.1 Å². The highest BCUT2D eigenvalue weighted by molar-refractivity contribution is 5.82. The zero-order chi connectivity index (χ0) is 19.4. The quantitative estimate of drug-likeness (QED) is 0.737. The van der Waals surface area contributed by atoms with E-state index in [4.69, 9.17) is 0 Å². The maximum atomic E-state index is 13.2. The maximum absolute atomic E-state index is 13.2. The lowest BCUT2D eigenvalue weighted by atomic mass is 10.2. The van der Waals surface area contributed by atoms with Crippen LogP contribution < -0.4 is 10.6 Å². The molecule has 6 nitrogen and oxygen atoms in total.